The van der Waals surface area contributed by atoms with Crippen molar-refractivity contribution in [2.24, 2.45) is 5.41 Å². The SMILES string of the molecule is CC1(C)COCCN1C(=O)C1(C(F)(F)F)CCNC1. The maximum atomic E-state index is 13.4. The van der Waals surface area contributed by atoms with Gasteiger partial charge in [-0.2, -0.15) is 13.2 Å². The number of carbonyl (C=O) groups excluding carboxylic acids is 1. The highest BCUT2D eigenvalue weighted by Gasteiger charge is 2.63. The zero-order valence-electron chi connectivity index (χ0n) is 11.1. The molecule has 7 heteroatoms. The van der Waals surface area contributed by atoms with E-state index < -0.39 is 23.0 Å². The molecule has 4 nitrogen and oxygen atoms in total. The van der Waals surface area contributed by atoms with Crippen LogP contribution in [0.2, 0.25) is 0 Å². The third-order valence-electron chi connectivity index (χ3n) is 4.00. The van der Waals surface area contributed by atoms with E-state index in [2.05, 4.69) is 5.32 Å². The van der Waals surface area contributed by atoms with Gasteiger partial charge in [0.25, 0.3) is 0 Å². The first-order chi connectivity index (χ1) is 8.71. The summed E-state index contributed by atoms with van der Waals surface area (Å²) >= 11 is 0. The molecule has 0 aromatic carbocycles. The van der Waals surface area contributed by atoms with Gasteiger partial charge < -0.3 is 15.0 Å². The highest BCUT2D eigenvalue weighted by Crippen LogP contribution is 2.45. The topological polar surface area (TPSA) is 41.6 Å². The predicted octanol–water partition coefficient (Wildman–Crippen LogP) is 1.17. The number of alkyl halides is 3. The molecule has 1 atom stereocenters. The number of halogens is 3. The molecule has 2 saturated heterocycles. The molecule has 1 unspecified atom stereocenters. The van der Waals surface area contributed by atoms with Crippen LogP contribution >= 0.6 is 0 Å². The Hall–Kier alpha value is -0.820. The Balaban J connectivity index is 2.30. The van der Waals surface area contributed by atoms with Crippen molar-refractivity contribution in [3.63, 3.8) is 0 Å². The Kier molecular flexibility index (Phi) is 3.55. The smallest absolute Gasteiger partial charge is 0.377 e. The third kappa shape index (κ3) is 2.33. The van der Waals surface area contributed by atoms with Crippen molar-refractivity contribution in [3.05, 3.63) is 0 Å². The zero-order valence-corrected chi connectivity index (χ0v) is 11.1. The molecule has 2 aliphatic heterocycles. The molecule has 19 heavy (non-hydrogen) atoms. The minimum atomic E-state index is -4.53. The maximum Gasteiger partial charge on any atom is 0.404 e. The van der Waals surface area contributed by atoms with Gasteiger partial charge in [-0.05, 0) is 26.8 Å². The van der Waals surface area contributed by atoms with Gasteiger partial charge in [-0.25, -0.2) is 0 Å². The van der Waals surface area contributed by atoms with E-state index in [4.69, 9.17) is 4.74 Å². The number of rotatable bonds is 1. The van der Waals surface area contributed by atoms with Gasteiger partial charge in [0.1, 0.15) is 0 Å². The van der Waals surface area contributed by atoms with Crippen molar-refractivity contribution in [2.45, 2.75) is 32.0 Å². The molecule has 1 amide bonds. The second kappa shape index (κ2) is 4.63. The normalized spacial score (nSPS) is 31.5. The van der Waals surface area contributed by atoms with Gasteiger partial charge in [0.05, 0.1) is 18.8 Å². The van der Waals surface area contributed by atoms with Crippen molar-refractivity contribution in [2.75, 3.05) is 32.8 Å². The van der Waals surface area contributed by atoms with E-state index in [0.29, 0.717) is 0 Å². The second-order valence-corrected chi connectivity index (χ2v) is 5.83. The van der Waals surface area contributed by atoms with Gasteiger partial charge in [0.15, 0.2) is 5.41 Å². The number of amides is 1. The summed E-state index contributed by atoms with van der Waals surface area (Å²) in [6.07, 6.45) is -4.72. The fourth-order valence-corrected chi connectivity index (χ4v) is 2.73. The van der Waals surface area contributed by atoms with Crippen LogP contribution in [0, 0.1) is 5.41 Å². The molecule has 2 rings (SSSR count). The van der Waals surface area contributed by atoms with E-state index in [-0.39, 0.29) is 39.3 Å². The summed E-state index contributed by atoms with van der Waals surface area (Å²) in [5.41, 5.74) is -2.97. The molecule has 0 aromatic rings. The molecule has 0 aromatic heterocycles. The lowest BCUT2D eigenvalue weighted by Gasteiger charge is -2.46. The average molecular weight is 280 g/mol. The van der Waals surface area contributed by atoms with E-state index in [1.807, 2.05) is 0 Å². The summed E-state index contributed by atoms with van der Waals surface area (Å²) in [5, 5.41) is 2.67. The summed E-state index contributed by atoms with van der Waals surface area (Å²) in [4.78, 5) is 13.8. The molecule has 2 fully saturated rings. The molecule has 1 N–H and O–H groups in total. The number of nitrogens with zero attached hydrogens (tertiary/aromatic N) is 1. The summed E-state index contributed by atoms with van der Waals surface area (Å²) in [7, 11) is 0. The second-order valence-electron chi connectivity index (χ2n) is 5.83. The Labute approximate surface area is 110 Å². The zero-order chi connectivity index (χ0) is 14.3. The number of morpholine rings is 1. The Morgan fingerprint density at radius 3 is 2.53 bits per heavy atom. The van der Waals surface area contributed by atoms with Crippen LogP contribution in [-0.2, 0) is 9.53 Å². The molecule has 0 bridgehead atoms. The maximum absolute atomic E-state index is 13.4. The summed E-state index contributed by atoms with van der Waals surface area (Å²) < 4.78 is 45.3. The molecule has 0 aliphatic carbocycles. The van der Waals surface area contributed by atoms with Crippen LogP contribution in [0.3, 0.4) is 0 Å². The van der Waals surface area contributed by atoms with Crippen LogP contribution in [0.1, 0.15) is 20.3 Å². The first-order valence-electron chi connectivity index (χ1n) is 6.38. The van der Waals surface area contributed by atoms with Crippen molar-refractivity contribution in [1.82, 2.24) is 10.2 Å². The molecule has 2 heterocycles. The minimum absolute atomic E-state index is 0.192. The number of carbonyl (C=O) groups is 1. The van der Waals surface area contributed by atoms with Gasteiger partial charge in [-0.15, -0.1) is 0 Å². The van der Waals surface area contributed by atoms with Gasteiger partial charge >= 0.3 is 6.18 Å². The lowest BCUT2D eigenvalue weighted by atomic mass is 9.83. The Morgan fingerprint density at radius 2 is 2.05 bits per heavy atom. The highest BCUT2D eigenvalue weighted by molar-refractivity contribution is 5.85. The largest absolute Gasteiger partial charge is 0.404 e. The van der Waals surface area contributed by atoms with E-state index in [9.17, 15) is 18.0 Å². The van der Waals surface area contributed by atoms with Crippen molar-refractivity contribution >= 4 is 5.91 Å². The Bertz CT molecular complexity index is 362. The lowest BCUT2D eigenvalue weighted by molar-refractivity contribution is -0.227. The van der Waals surface area contributed by atoms with Crippen molar-refractivity contribution < 1.29 is 22.7 Å². The fourth-order valence-electron chi connectivity index (χ4n) is 2.73. The highest BCUT2D eigenvalue weighted by atomic mass is 19.4. The molecule has 0 radical (unpaired) electrons. The van der Waals surface area contributed by atoms with E-state index in [0.717, 1.165) is 0 Å². The molecular weight excluding hydrogens is 261 g/mol. The third-order valence-corrected chi connectivity index (χ3v) is 4.00. The van der Waals surface area contributed by atoms with E-state index in [1.54, 1.807) is 13.8 Å². The van der Waals surface area contributed by atoms with Crippen LogP contribution in [0.15, 0.2) is 0 Å². The predicted molar refractivity (Wildman–Crippen MR) is 62.6 cm³/mol. The Morgan fingerprint density at radius 1 is 1.37 bits per heavy atom. The monoisotopic (exact) mass is 280 g/mol. The van der Waals surface area contributed by atoms with Gasteiger partial charge in [0, 0.05) is 13.1 Å². The molecule has 0 spiro atoms. The number of ether oxygens (including phenoxy) is 1. The van der Waals surface area contributed by atoms with Crippen LogP contribution in [0.25, 0.3) is 0 Å². The van der Waals surface area contributed by atoms with Gasteiger partial charge in [0.2, 0.25) is 5.91 Å². The van der Waals surface area contributed by atoms with Crippen molar-refractivity contribution in [3.8, 4) is 0 Å². The number of nitrogens with one attached hydrogen (secondary N) is 1. The number of hydrogen-bond donors (Lipinski definition) is 1. The summed E-state index contributed by atoms with van der Waals surface area (Å²) in [6, 6.07) is 0. The van der Waals surface area contributed by atoms with Crippen LogP contribution < -0.4 is 5.32 Å². The molecule has 2 aliphatic rings. The van der Waals surface area contributed by atoms with Gasteiger partial charge in [-0.3, -0.25) is 4.79 Å². The average Bonchev–Trinajstić information content (AvgIpc) is 2.77. The molecule has 110 valence electrons. The quantitative estimate of drug-likeness (QED) is 0.784. The van der Waals surface area contributed by atoms with Crippen molar-refractivity contribution in [1.29, 1.82) is 0 Å². The van der Waals surface area contributed by atoms with Crippen LogP contribution in [0.4, 0.5) is 13.2 Å². The standard InChI is InChI=1S/C12H19F3N2O2/c1-10(2)8-19-6-5-17(10)9(18)11(12(13,14)15)3-4-16-7-11/h16H,3-8H2,1-2H3. The summed E-state index contributed by atoms with van der Waals surface area (Å²) in [6.45, 7) is 4.12. The first kappa shape index (κ1) is 14.6. The van der Waals surface area contributed by atoms with Crippen LogP contribution in [-0.4, -0.2) is 55.4 Å². The van der Waals surface area contributed by atoms with Gasteiger partial charge in [-0.1, -0.05) is 0 Å². The fraction of sp³-hybridized carbons (Fsp3) is 0.917. The first-order valence-corrected chi connectivity index (χ1v) is 6.38. The van der Waals surface area contributed by atoms with E-state index in [1.165, 1.54) is 4.90 Å². The summed E-state index contributed by atoms with van der Waals surface area (Å²) in [5.74, 6) is -0.821. The van der Waals surface area contributed by atoms with E-state index >= 15 is 0 Å². The molecular formula is C12H19F3N2O2. The minimum Gasteiger partial charge on any atom is -0.377 e. The molecule has 0 saturated carbocycles. The number of hydrogen-bond acceptors (Lipinski definition) is 3. The van der Waals surface area contributed by atoms with Crippen LogP contribution in [0.5, 0.6) is 0 Å². The lowest BCUT2D eigenvalue weighted by Crippen LogP contribution is -2.62.